The maximum Gasteiger partial charge on any atom is 0.305 e. The van der Waals surface area contributed by atoms with E-state index in [0.717, 1.165) is 12.8 Å². The predicted octanol–water partition coefficient (Wildman–Crippen LogP) is 2.05. The zero-order chi connectivity index (χ0) is 18.9. The molecule has 2 fully saturated rings. The van der Waals surface area contributed by atoms with E-state index in [9.17, 15) is 23.1 Å². The van der Waals surface area contributed by atoms with Gasteiger partial charge in [-0.2, -0.15) is 0 Å². The van der Waals surface area contributed by atoms with Gasteiger partial charge in [0.05, 0.1) is 23.4 Å². The first-order valence-corrected chi connectivity index (χ1v) is 10.5. The molecule has 1 aliphatic carbocycles. The highest BCUT2D eigenvalue weighted by molar-refractivity contribution is 7.93. The second-order valence-electron chi connectivity index (χ2n) is 7.25. The van der Waals surface area contributed by atoms with Crippen molar-refractivity contribution in [2.75, 3.05) is 16.6 Å². The number of sulfonamides is 1. The molecule has 0 bridgehead atoms. The van der Waals surface area contributed by atoms with Crippen LogP contribution in [0.5, 0.6) is 0 Å². The Morgan fingerprint density at radius 2 is 1.92 bits per heavy atom. The third-order valence-corrected chi connectivity index (χ3v) is 7.14. The van der Waals surface area contributed by atoms with Crippen LogP contribution < -0.4 is 9.62 Å². The standard InChI is InChI=1S/C18H24N2O5S/c1-13-11-14(20-9-4-10-26(20,24)25)5-6-15(13)17(23)19-18(12-16(21)22)7-2-3-8-18/h5-6,11H,2-4,7-10,12H2,1H3,(H,19,23)(H,21,22). The summed E-state index contributed by atoms with van der Waals surface area (Å²) in [5.41, 5.74) is 0.997. The Hall–Kier alpha value is -2.09. The molecule has 1 saturated carbocycles. The van der Waals surface area contributed by atoms with Crippen LogP contribution in [0.3, 0.4) is 0 Å². The van der Waals surface area contributed by atoms with Crippen LogP contribution in [0.2, 0.25) is 0 Å². The van der Waals surface area contributed by atoms with E-state index >= 15 is 0 Å². The first-order valence-electron chi connectivity index (χ1n) is 8.88. The van der Waals surface area contributed by atoms with Crippen LogP contribution in [0.25, 0.3) is 0 Å². The molecule has 0 aromatic heterocycles. The summed E-state index contributed by atoms with van der Waals surface area (Å²) in [6, 6.07) is 4.97. The largest absolute Gasteiger partial charge is 0.481 e. The van der Waals surface area contributed by atoms with Crippen molar-refractivity contribution in [1.29, 1.82) is 0 Å². The van der Waals surface area contributed by atoms with Crippen LogP contribution in [0.1, 0.15) is 54.4 Å². The average Bonchev–Trinajstić information content (AvgIpc) is 3.12. The van der Waals surface area contributed by atoms with E-state index in [1.807, 2.05) is 0 Å². The highest BCUT2D eigenvalue weighted by atomic mass is 32.2. The minimum atomic E-state index is -3.26. The normalized spacial score (nSPS) is 20.9. The topological polar surface area (TPSA) is 104 Å². The predicted molar refractivity (Wildman–Crippen MR) is 97.8 cm³/mol. The molecule has 0 spiro atoms. The summed E-state index contributed by atoms with van der Waals surface area (Å²) < 4.78 is 25.5. The van der Waals surface area contributed by atoms with E-state index in [-0.39, 0.29) is 18.1 Å². The summed E-state index contributed by atoms with van der Waals surface area (Å²) in [5, 5.41) is 12.1. The van der Waals surface area contributed by atoms with Crippen molar-refractivity contribution in [3.63, 3.8) is 0 Å². The molecule has 1 aromatic rings. The number of benzene rings is 1. The summed E-state index contributed by atoms with van der Waals surface area (Å²) in [6.45, 7) is 2.22. The van der Waals surface area contributed by atoms with Crippen LogP contribution in [0.4, 0.5) is 5.69 Å². The van der Waals surface area contributed by atoms with Crippen LogP contribution in [-0.4, -0.2) is 43.2 Å². The Morgan fingerprint density at radius 1 is 1.23 bits per heavy atom. The summed E-state index contributed by atoms with van der Waals surface area (Å²) in [7, 11) is -3.26. The number of rotatable bonds is 5. The molecule has 0 atom stereocenters. The number of hydrogen-bond donors (Lipinski definition) is 2. The molecule has 7 nitrogen and oxygen atoms in total. The Kier molecular flexibility index (Phi) is 4.96. The van der Waals surface area contributed by atoms with Gasteiger partial charge in [0.2, 0.25) is 10.0 Å². The molecule has 3 rings (SSSR count). The fraction of sp³-hybridized carbons (Fsp3) is 0.556. The van der Waals surface area contributed by atoms with Gasteiger partial charge in [0, 0.05) is 12.1 Å². The van der Waals surface area contributed by atoms with Crippen LogP contribution >= 0.6 is 0 Å². The highest BCUT2D eigenvalue weighted by Gasteiger charge is 2.38. The van der Waals surface area contributed by atoms with E-state index in [1.165, 1.54) is 4.31 Å². The average molecular weight is 380 g/mol. The summed E-state index contributed by atoms with van der Waals surface area (Å²) in [4.78, 5) is 23.9. The number of carboxylic acids is 1. The lowest BCUT2D eigenvalue weighted by Gasteiger charge is -2.29. The Balaban J connectivity index is 1.81. The molecular formula is C18H24N2O5S. The molecule has 1 amide bonds. The Morgan fingerprint density at radius 3 is 2.46 bits per heavy atom. The maximum atomic E-state index is 12.7. The first kappa shape index (κ1) is 18.7. The fourth-order valence-corrected chi connectivity index (χ4v) is 5.54. The van der Waals surface area contributed by atoms with Crippen molar-refractivity contribution >= 4 is 27.6 Å². The monoisotopic (exact) mass is 380 g/mol. The van der Waals surface area contributed by atoms with Crippen LogP contribution in [-0.2, 0) is 14.8 Å². The van der Waals surface area contributed by atoms with Crippen molar-refractivity contribution in [2.24, 2.45) is 0 Å². The summed E-state index contributed by atoms with van der Waals surface area (Å²) in [6.07, 6.45) is 3.64. The molecule has 1 heterocycles. The number of anilines is 1. The van der Waals surface area contributed by atoms with Crippen molar-refractivity contribution in [2.45, 2.75) is 51.0 Å². The zero-order valence-corrected chi connectivity index (χ0v) is 15.6. The minimum absolute atomic E-state index is 0.0815. The number of aliphatic carboxylic acids is 1. The number of nitrogens with one attached hydrogen (secondary N) is 1. The molecule has 2 N–H and O–H groups in total. The Labute approximate surface area is 153 Å². The lowest BCUT2D eigenvalue weighted by Crippen LogP contribution is -2.48. The van der Waals surface area contributed by atoms with Crippen LogP contribution in [0, 0.1) is 6.92 Å². The van der Waals surface area contributed by atoms with Gasteiger partial charge in [0.25, 0.3) is 5.91 Å². The van der Waals surface area contributed by atoms with E-state index in [1.54, 1.807) is 25.1 Å². The minimum Gasteiger partial charge on any atom is -0.481 e. The number of carboxylic acid groups (broad SMARTS) is 1. The summed E-state index contributed by atoms with van der Waals surface area (Å²) in [5.74, 6) is -1.08. The second kappa shape index (κ2) is 6.90. The number of nitrogens with zero attached hydrogens (tertiary/aromatic N) is 1. The molecule has 1 aromatic carbocycles. The molecule has 142 valence electrons. The number of carbonyl (C=O) groups is 2. The highest BCUT2D eigenvalue weighted by Crippen LogP contribution is 2.33. The van der Waals surface area contributed by atoms with Gasteiger partial charge in [-0.3, -0.25) is 13.9 Å². The molecule has 26 heavy (non-hydrogen) atoms. The van der Waals surface area contributed by atoms with Gasteiger partial charge in [-0.25, -0.2) is 8.42 Å². The third kappa shape index (κ3) is 3.70. The van der Waals surface area contributed by atoms with Gasteiger partial charge in [-0.05, 0) is 49.9 Å². The van der Waals surface area contributed by atoms with Gasteiger partial charge < -0.3 is 10.4 Å². The number of carbonyl (C=O) groups excluding carboxylic acids is 1. The fourth-order valence-electron chi connectivity index (χ4n) is 3.98. The molecule has 8 heteroatoms. The quantitative estimate of drug-likeness (QED) is 0.814. The van der Waals surface area contributed by atoms with E-state index in [0.29, 0.717) is 42.6 Å². The van der Waals surface area contributed by atoms with E-state index in [4.69, 9.17) is 0 Å². The van der Waals surface area contributed by atoms with E-state index in [2.05, 4.69) is 5.32 Å². The second-order valence-corrected chi connectivity index (χ2v) is 9.27. The molecule has 2 aliphatic rings. The zero-order valence-electron chi connectivity index (χ0n) is 14.8. The summed E-state index contributed by atoms with van der Waals surface area (Å²) >= 11 is 0. The molecule has 1 aliphatic heterocycles. The third-order valence-electron chi connectivity index (χ3n) is 5.27. The molecular weight excluding hydrogens is 356 g/mol. The number of amides is 1. The van der Waals surface area contributed by atoms with Crippen molar-refractivity contribution in [3.8, 4) is 0 Å². The lowest BCUT2D eigenvalue weighted by molar-refractivity contribution is -0.138. The van der Waals surface area contributed by atoms with Crippen LogP contribution in [0.15, 0.2) is 18.2 Å². The molecule has 0 radical (unpaired) electrons. The van der Waals surface area contributed by atoms with Crippen molar-refractivity contribution in [1.82, 2.24) is 5.32 Å². The van der Waals surface area contributed by atoms with Crippen molar-refractivity contribution in [3.05, 3.63) is 29.3 Å². The van der Waals surface area contributed by atoms with Gasteiger partial charge in [-0.1, -0.05) is 12.8 Å². The molecule has 1 saturated heterocycles. The molecule has 0 unspecified atom stereocenters. The first-order chi connectivity index (χ1) is 12.2. The van der Waals surface area contributed by atoms with Gasteiger partial charge >= 0.3 is 5.97 Å². The lowest BCUT2D eigenvalue weighted by atomic mass is 9.92. The van der Waals surface area contributed by atoms with Crippen molar-refractivity contribution < 1.29 is 23.1 Å². The van der Waals surface area contributed by atoms with E-state index < -0.39 is 21.5 Å². The number of aryl methyl sites for hydroxylation is 1. The number of hydrogen-bond acceptors (Lipinski definition) is 4. The van der Waals surface area contributed by atoms with Gasteiger partial charge in [-0.15, -0.1) is 0 Å². The van der Waals surface area contributed by atoms with Gasteiger partial charge in [0.15, 0.2) is 0 Å². The maximum absolute atomic E-state index is 12.7. The SMILES string of the molecule is Cc1cc(N2CCCS2(=O)=O)ccc1C(=O)NC1(CC(=O)O)CCCC1. The Bertz CT molecular complexity index is 828. The van der Waals surface area contributed by atoms with Gasteiger partial charge in [0.1, 0.15) is 0 Å². The smallest absolute Gasteiger partial charge is 0.305 e.